The Morgan fingerprint density at radius 3 is 3.00 bits per heavy atom. The topological polar surface area (TPSA) is 30.5 Å². The Morgan fingerprint density at radius 2 is 2.35 bits per heavy atom. The second kappa shape index (κ2) is 5.85. The van der Waals surface area contributed by atoms with Crippen LogP contribution in [0.4, 0.5) is 0 Å². The maximum Gasteiger partial charge on any atom is 0.124 e. The number of ether oxygens (including phenoxy) is 2. The quantitative estimate of drug-likeness (QED) is 0.927. The van der Waals surface area contributed by atoms with Gasteiger partial charge in [-0.1, -0.05) is 15.9 Å². The van der Waals surface area contributed by atoms with Crippen LogP contribution >= 0.6 is 15.9 Å². The van der Waals surface area contributed by atoms with Crippen LogP contribution in [0.25, 0.3) is 0 Å². The molecule has 17 heavy (non-hydrogen) atoms. The van der Waals surface area contributed by atoms with Crippen LogP contribution in [0.1, 0.15) is 24.9 Å². The van der Waals surface area contributed by atoms with Crippen molar-refractivity contribution in [2.75, 3.05) is 20.3 Å². The number of nitrogens with one attached hydrogen (secondary N) is 1. The average molecular weight is 300 g/mol. The first kappa shape index (κ1) is 12.9. The summed E-state index contributed by atoms with van der Waals surface area (Å²) in [6, 6.07) is 6.40. The monoisotopic (exact) mass is 299 g/mol. The molecule has 0 saturated carbocycles. The molecule has 1 aliphatic rings. The molecule has 4 heteroatoms. The summed E-state index contributed by atoms with van der Waals surface area (Å²) in [5, 5.41) is 3.24. The first-order valence-corrected chi connectivity index (χ1v) is 6.71. The maximum atomic E-state index is 6.00. The summed E-state index contributed by atoms with van der Waals surface area (Å²) in [5.74, 6) is 0.950. The van der Waals surface area contributed by atoms with Crippen molar-refractivity contribution >= 4 is 15.9 Å². The van der Waals surface area contributed by atoms with Crippen LogP contribution in [-0.2, 0) is 4.74 Å². The van der Waals surface area contributed by atoms with Crippen LogP contribution in [0.3, 0.4) is 0 Å². The first-order chi connectivity index (χ1) is 8.20. The number of halogens is 1. The lowest BCUT2D eigenvalue weighted by Gasteiger charge is -2.19. The highest BCUT2D eigenvalue weighted by atomic mass is 79.9. The molecular formula is C13H18BrNO2. The molecule has 1 aromatic carbocycles. The zero-order valence-electron chi connectivity index (χ0n) is 10.2. The lowest BCUT2D eigenvalue weighted by Crippen LogP contribution is -2.19. The van der Waals surface area contributed by atoms with Gasteiger partial charge in [0.1, 0.15) is 11.9 Å². The Morgan fingerprint density at radius 1 is 1.53 bits per heavy atom. The summed E-state index contributed by atoms with van der Waals surface area (Å²) in [4.78, 5) is 0. The van der Waals surface area contributed by atoms with E-state index >= 15 is 0 Å². The smallest absolute Gasteiger partial charge is 0.124 e. The summed E-state index contributed by atoms with van der Waals surface area (Å²) in [6.45, 7) is 3.63. The normalized spacial score (nSPS) is 21.5. The van der Waals surface area contributed by atoms with Crippen molar-refractivity contribution < 1.29 is 9.47 Å². The molecule has 0 spiro atoms. The Labute approximate surface area is 111 Å². The number of benzene rings is 1. The first-order valence-electron chi connectivity index (χ1n) is 5.92. The van der Waals surface area contributed by atoms with Crippen LogP contribution in [0.5, 0.6) is 5.75 Å². The van der Waals surface area contributed by atoms with Crippen molar-refractivity contribution in [2.45, 2.75) is 25.5 Å². The third-order valence-corrected chi connectivity index (χ3v) is 3.55. The van der Waals surface area contributed by atoms with Gasteiger partial charge in [-0.05, 0) is 32.2 Å². The fourth-order valence-corrected chi connectivity index (χ4v) is 2.28. The van der Waals surface area contributed by atoms with Crippen LogP contribution in [-0.4, -0.2) is 26.4 Å². The molecule has 1 saturated heterocycles. The molecule has 0 aromatic heterocycles. The van der Waals surface area contributed by atoms with Gasteiger partial charge in [-0.2, -0.15) is 0 Å². The third kappa shape index (κ3) is 3.21. The predicted octanol–water partition coefficient (Wildman–Crippen LogP) is 2.90. The van der Waals surface area contributed by atoms with E-state index in [9.17, 15) is 0 Å². The highest BCUT2D eigenvalue weighted by Gasteiger charge is 2.19. The Bertz CT molecular complexity index is 378. The molecule has 2 unspecified atom stereocenters. The molecule has 0 radical (unpaired) electrons. The van der Waals surface area contributed by atoms with Gasteiger partial charge in [-0.15, -0.1) is 0 Å². The average Bonchev–Trinajstić information content (AvgIpc) is 2.83. The molecule has 1 aromatic rings. The standard InChI is InChI=1S/C13H18BrNO2/c1-9(15-2)12-7-10(14)3-4-13(12)17-11-5-6-16-8-11/h3-4,7,9,11,15H,5-6,8H2,1-2H3. The van der Waals surface area contributed by atoms with Crippen molar-refractivity contribution in [2.24, 2.45) is 0 Å². The summed E-state index contributed by atoms with van der Waals surface area (Å²) < 4.78 is 12.4. The van der Waals surface area contributed by atoms with E-state index in [1.54, 1.807) is 0 Å². The minimum atomic E-state index is 0.194. The van der Waals surface area contributed by atoms with Crippen molar-refractivity contribution in [3.8, 4) is 5.75 Å². The summed E-state index contributed by atoms with van der Waals surface area (Å²) in [7, 11) is 1.95. The second-order valence-electron chi connectivity index (χ2n) is 4.30. The molecule has 1 fully saturated rings. The van der Waals surface area contributed by atoms with Crippen LogP contribution in [0, 0.1) is 0 Å². The Balaban J connectivity index is 2.19. The molecule has 0 bridgehead atoms. The van der Waals surface area contributed by atoms with E-state index in [1.807, 2.05) is 19.2 Å². The van der Waals surface area contributed by atoms with E-state index in [-0.39, 0.29) is 12.1 Å². The fourth-order valence-electron chi connectivity index (χ4n) is 1.91. The van der Waals surface area contributed by atoms with Gasteiger partial charge < -0.3 is 14.8 Å². The van der Waals surface area contributed by atoms with E-state index in [1.165, 1.54) is 5.56 Å². The number of hydrogen-bond acceptors (Lipinski definition) is 3. The maximum absolute atomic E-state index is 6.00. The summed E-state index contributed by atoms with van der Waals surface area (Å²) >= 11 is 3.50. The zero-order valence-corrected chi connectivity index (χ0v) is 11.8. The molecule has 2 atom stereocenters. The van der Waals surface area contributed by atoms with Crippen LogP contribution in [0.15, 0.2) is 22.7 Å². The minimum Gasteiger partial charge on any atom is -0.488 e. The van der Waals surface area contributed by atoms with Crippen molar-refractivity contribution in [1.82, 2.24) is 5.32 Å². The molecule has 3 nitrogen and oxygen atoms in total. The van der Waals surface area contributed by atoms with Gasteiger partial charge in [0.25, 0.3) is 0 Å². The lowest BCUT2D eigenvalue weighted by atomic mass is 10.1. The van der Waals surface area contributed by atoms with E-state index in [0.29, 0.717) is 6.61 Å². The molecule has 0 amide bonds. The van der Waals surface area contributed by atoms with Crippen LogP contribution < -0.4 is 10.1 Å². The third-order valence-electron chi connectivity index (χ3n) is 3.05. The van der Waals surface area contributed by atoms with E-state index in [0.717, 1.165) is 23.2 Å². The van der Waals surface area contributed by atoms with E-state index in [2.05, 4.69) is 34.2 Å². The zero-order chi connectivity index (χ0) is 12.3. The fraction of sp³-hybridized carbons (Fsp3) is 0.538. The Kier molecular flexibility index (Phi) is 4.42. The predicted molar refractivity (Wildman–Crippen MR) is 71.5 cm³/mol. The number of rotatable bonds is 4. The second-order valence-corrected chi connectivity index (χ2v) is 5.21. The van der Waals surface area contributed by atoms with Crippen molar-refractivity contribution in [3.05, 3.63) is 28.2 Å². The van der Waals surface area contributed by atoms with E-state index in [4.69, 9.17) is 9.47 Å². The number of hydrogen-bond donors (Lipinski definition) is 1. The SMILES string of the molecule is CNC(C)c1cc(Br)ccc1OC1CCOC1. The van der Waals surface area contributed by atoms with Crippen LogP contribution in [0.2, 0.25) is 0 Å². The highest BCUT2D eigenvalue weighted by Crippen LogP contribution is 2.30. The van der Waals surface area contributed by atoms with Gasteiger partial charge in [-0.25, -0.2) is 0 Å². The van der Waals surface area contributed by atoms with Crippen molar-refractivity contribution in [3.63, 3.8) is 0 Å². The molecule has 2 rings (SSSR count). The molecule has 1 heterocycles. The van der Waals surface area contributed by atoms with Gasteiger partial charge in [0.15, 0.2) is 0 Å². The van der Waals surface area contributed by atoms with Gasteiger partial charge >= 0.3 is 0 Å². The van der Waals surface area contributed by atoms with Gasteiger partial charge in [0.05, 0.1) is 13.2 Å². The molecule has 1 aliphatic heterocycles. The largest absolute Gasteiger partial charge is 0.488 e. The van der Waals surface area contributed by atoms with Gasteiger partial charge in [0, 0.05) is 22.5 Å². The van der Waals surface area contributed by atoms with Gasteiger partial charge in [-0.3, -0.25) is 0 Å². The highest BCUT2D eigenvalue weighted by molar-refractivity contribution is 9.10. The molecule has 1 N–H and O–H groups in total. The minimum absolute atomic E-state index is 0.194. The van der Waals surface area contributed by atoms with Gasteiger partial charge in [0.2, 0.25) is 0 Å². The molecule has 94 valence electrons. The molecular weight excluding hydrogens is 282 g/mol. The van der Waals surface area contributed by atoms with Crippen molar-refractivity contribution in [1.29, 1.82) is 0 Å². The summed E-state index contributed by atoms with van der Waals surface area (Å²) in [6.07, 6.45) is 1.17. The Hall–Kier alpha value is -0.580. The van der Waals surface area contributed by atoms with E-state index < -0.39 is 0 Å². The molecule has 0 aliphatic carbocycles. The summed E-state index contributed by atoms with van der Waals surface area (Å²) in [5.41, 5.74) is 1.17. The lowest BCUT2D eigenvalue weighted by molar-refractivity contribution is 0.140.